The van der Waals surface area contributed by atoms with Gasteiger partial charge in [-0.3, -0.25) is 0 Å². The molecule has 122 valence electrons. The van der Waals surface area contributed by atoms with E-state index in [-0.39, 0.29) is 0 Å². The molecule has 1 aromatic carbocycles. The van der Waals surface area contributed by atoms with Crippen molar-refractivity contribution >= 4 is 0 Å². The van der Waals surface area contributed by atoms with E-state index in [0.29, 0.717) is 0 Å². The highest BCUT2D eigenvalue weighted by Crippen LogP contribution is 2.34. The molecule has 0 amide bonds. The Bertz CT molecular complexity index is 427. The second kappa shape index (κ2) is 6.77. The van der Waals surface area contributed by atoms with E-state index in [1.165, 1.54) is 51.4 Å². The minimum atomic E-state index is 0.846. The third-order valence-electron chi connectivity index (χ3n) is 6.55. The van der Waals surface area contributed by atoms with Crippen LogP contribution < -0.4 is 0 Å². The van der Waals surface area contributed by atoms with Crippen molar-refractivity contribution in [2.24, 2.45) is 23.7 Å². The van der Waals surface area contributed by atoms with E-state index in [2.05, 4.69) is 39.8 Å². The second-order valence-electron chi connectivity index (χ2n) is 8.55. The lowest BCUT2D eigenvalue weighted by molar-refractivity contribution is 0.344. The quantitative estimate of drug-likeness (QED) is 0.588. The number of aryl methyl sites for hydroxylation is 4. The third-order valence-corrected chi connectivity index (χ3v) is 6.55. The highest BCUT2D eigenvalue weighted by Gasteiger charge is 2.23. The smallest absolute Gasteiger partial charge is 0.0273 e. The number of fused-ring (bicyclic) bond motifs is 2. The predicted molar refractivity (Wildman–Crippen MR) is 96.4 cm³/mol. The van der Waals surface area contributed by atoms with Gasteiger partial charge in [-0.05, 0) is 97.3 Å². The van der Waals surface area contributed by atoms with Crippen LogP contribution in [0, 0.1) is 23.7 Å². The highest BCUT2D eigenvalue weighted by atomic mass is 14.3. The van der Waals surface area contributed by atoms with Crippen molar-refractivity contribution in [2.45, 2.75) is 79.1 Å². The molecule has 0 nitrogen and oxygen atoms in total. The summed E-state index contributed by atoms with van der Waals surface area (Å²) in [5.74, 6) is 3.55. The van der Waals surface area contributed by atoms with Crippen molar-refractivity contribution in [1.29, 1.82) is 0 Å². The van der Waals surface area contributed by atoms with Crippen molar-refractivity contribution in [3.05, 3.63) is 34.4 Å². The van der Waals surface area contributed by atoms with E-state index in [0.717, 1.165) is 23.7 Å². The van der Waals surface area contributed by atoms with E-state index in [9.17, 15) is 0 Å². The topological polar surface area (TPSA) is 0 Å². The molecule has 0 unspecified atom stereocenters. The normalized spacial score (nSPS) is 20.6. The molecule has 0 spiro atoms. The zero-order valence-corrected chi connectivity index (χ0v) is 15.1. The predicted octanol–water partition coefficient (Wildman–Crippen LogP) is 5.99. The van der Waals surface area contributed by atoms with Crippen molar-refractivity contribution in [1.82, 2.24) is 0 Å². The molecule has 0 atom stereocenters. The first-order valence-electron chi connectivity index (χ1n) is 9.68. The van der Waals surface area contributed by atoms with Gasteiger partial charge in [-0.15, -0.1) is 0 Å². The summed E-state index contributed by atoms with van der Waals surface area (Å²) in [6, 6.07) is 5.21. The average molecular weight is 299 g/mol. The lowest BCUT2D eigenvalue weighted by Gasteiger charge is -2.17. The Hall–Kier alpha value is -0.780. The number of benzene rings is 1. The minimum Gasteiger partial charge on any atom is -0.0625 e. The molecular weight excluding hydrogens is 264 g/mol. The SMILES string of the molecule is CC(C)C1CCc2cc3c(cc2CC1)CCC(C(C)C)CC3. The van der Waals surface area contributed by atoms with Crippen molar-refractivity contribution in [3.8, 4) is 0 Å². The van der Waals surface area contributed by atoms with Gasteiger partial charge in [0.2, 0.25) is 0 Å². The molecule has 22 heavy (non-hydrogen) atoms. The molecule has 3 rings (SSSR count). The Morgan fingerprint density at radius 2 is 0.864 bits per heavy atom. The van der Waals surface area contributed by atoms with Crippen LogP contribution in [0.2, 0.25) is 0 Å². The van der Waals surface area contributed by atoms with Gasteiger partial charge in [-0.25, -0.2) is 0 Å². The van der Waals surface area contributed by atoms with Crippen LogP contribution in [0.25, 0.3) is 0 Å². The summed E-state index contributed by atoms with van der Waals surface area (Å²) in [6.45, 7) is 9.62. The van der Waals surface area contributed by atoms with Gasteiger partial charge in [0.05, 0.1) is 0 Å². The first-order chi connectivity index (χ1) is 10.5. The molecule has 1 aromatic rings. The first-order valence-corrected chi connectivity index (χ1v) is 9.68. The van der Waals surface area contributed by atoms with Gasteiger partial charge >= 0.3 is 0 Å². The molecule has 2 aliphatic rings. The lowest BCUT2D eigenvalue weighted by atomic mass is 9.88. The van der Waals surface area contributed by atoms with Crippen LogP contribution in [0.5, 0.6) is 0 Å². The van der Waals surface area contributed by atoms with Gasteiger partial charge < -0.3 is 0 Å². The molecule has 0 aromatic heterocycles. The summed E-state index contributed by atoms with van der Waals surface area (Å²) in [6.07, 6.45) is 10.9. The summed E-state index contributed by atoms with van der Waals surface area (Å²) in [4.78, 5) is 0. The number of rotatable bonds is 2. The van der Waals surface area contributed by atoms with E-state index in [4.69, 9.17) is 0 Å². The van der Waals surface area contributed by atoms with Crippen LogP contribution in [-0.4, -0.2) is 0 Å². The van der Waals surface area contributed by atoms with Crippen LogP contribution in [-0.2, 0) is 25.7 Å². The summed E-state index contributed by atoms with van der Waals surface area (Å²) in [5.41, 5.74) is 6.74. The zero-order valence-electron chi connectivity index (χ0n) is 15.1. The van der Waals surface area contributed by atoms with Crippen molar-refractivity contribution in [3.63, 3.8) is 0 Å². The monoisotopic (exact) mass is 298 g/mol. The molecule has 0 aliphatic heterocycles. The number of hydrogen-bond donors (Lipinski definition) is 0. The van der Waals surface area contributed by atoms with Gasteiger partial charge in [0.1, 0.15) is 0 Å². The molecule has 0 heterocycles. The standard InChI is InChI=1S/C22H34/c1-15(2)17-5-9-19-13-21-11-7-18(16(3)4)8-12-22(21)14-20(19)10-6-17/h13-18H,5-12H2,1-4H3. The fourth-order valence-electron chi connectivity index (χ4n) is 4.71. The van der Waals surface area contributed by atoms with Crippen LogP contribution in [0.1, 0.15) is 75.6 Å². The fourth-order valence-corrected chi connectivity index (χ4v) is 4.71. The van der Waals surface area contributed by atoms with Gasteiger partial charge in [0.15, 0.2) is 0 Å². The highest BCUT2D eigenvalue weighted by molar-refractivity contribution is 5.40. The molecule has 0 saturated heterocycles. The van der Waals surface area contributed by atoms with Crippen LogP contribution in [0.4, 0.5) is 0 Å². The fraction of sp³-hybridized carbons (Fsp3) is 0.727. The molecule has 2 aliphatic carbocycles. The van der Waals surface area contributed by atoms with Crippen molar-refractivity contribution < 1.29 is 0 Å². The molecule has 0 saturated carbocycles. The third kappa shape index (κ3) is 3.42. The Morgan fingerprint density at radius 3 is 1.09 bits per heavy atom. The summed E-state index contributed by atoms with van der Waals surface area (Å²) >= 11 is 0. The van der Waals surface area contributed by atoms with Crippen LogP contribution in [0.3, 0.4) is 0 Å². The molecule has 0 fully saturated rings. The zero-order chi connectivity index (χ0) is 15.7. The van der Waals surface area contributed by atoms with Crippen LogP contribution in [0.15, 0.2) is 12.1 Å². The Kier molecular flexibility index (Phi) is 4.95. The first kappa shape index (κ1) is 16.1. The molecule has 0 bridgehead atoms. The summed E-state index contributed by atoms with van der Waals surface area (Å²) < 4.78 is 0. The van der Waals surface area contributed by atoms with E-state index >= 15 is 0 Å². The van der Waals surface area contributed by atoms with E-state index in [1.54, 1.807) is 22.3 Å². The van der Waals surface area contributed by atoms with E-state index < -0.39 is 0 Å². The van der Waals surface area contributed by atoms with Gasteiger partial charge in [0, 0.05) is 0 Å². The minimum absolute atomic E-state index is 0.846. The largest absolute Gasteiger partial charge is 0.0625 e. The lowest BCUT2D eigenvalue weighted by Crippen LogP contribution is -2.08. The van der Waals surface area contributed by atoms with Crippen LogP contribution >= 0.6 is 0 Å². The van der Waals surface area contributed by atoms with Crippen molar-refractivity contribution in [2.75, 3.05) is 0 Å². The Morgan fingerprint density at radius 1 is 0.591 bits per heavy atom. The van der Waals surface area contributed by atoms with E-state index in [1.807, 2.05) is 0 Å². The average Bonchev–Trinajstić information content (AvgIpc) is 2.80. The molecule has 0 heteroatoms. The Balaban J connectivity index is 1.80. The maximum Gasteiger partial charge on any atom is -0.0273 e. The summed E-state index contributed by atoms with van der Waals surface area (Å²) in [5, 5.41) is 0. The Labute approximate surface area is 137 Å². The maximum absolute atomic E-state index is 2.61. The molecule has 0 N–H and O–H groups in total. The second-order valence-corrected chi connectivity index (χ2v) is 8.55. The molecule has 0 radical (unpaired) electrons. The van der Waals surface area contributed by atoms with Gasteiger partial charge in [-0.1, -0.05) is 39.8 Å². The summed E-state index contributed by atoms with van der Waals surface area (Å²) in [7, 11) is 0. The number of hydrogen-bond acceptors (Lipinski definition) is 0. The maximum atomic E-state index is 2.61. The van der Waals surface area contributed by atoms with Gasteiger partial charge in [0.25, 0.3) is 0 Å². The van der Waals surface area contributed by atoms with Gasteiger partial charge in [-0.2, -0.15) is 0 Å². The molecular formula is C22H34.